The van der Waals surface area contributed by atoms with Gasteiger partial charge in [-0.25, -0.2) is 17.5 Å². The van der Waals surface area contributed by atoms with Gasteiger partial charge in [-0.15, -0.1) is 12.4 Å². The summed E-state index contributed by atoms with van der Waals surface area (Å²) in [6.07, 6.45) is 4.40. The third kappa shape index (κ3) is 4.62. The van der Waals surface area contributed by atoms with Crippen LogP contribution in [0.4, 0.5) is 13.2 Å². The van der Waals surface area contributed by atoms with Crippen LogP contribution >= 0.6 is 12.4 Å². The Hall–Kier alpha value is -1.03. The van der Waals surface area contributed by atoms with Crippen molar-refractivity contribution in [1.82, 2.24) is 4.72 Å². The van der Waals surface area contributed by atoms with Crippen molar-refractivity contribution in [2.45, 2.75) is 55.7 Å². The zero-order valence-electron chi connectivity index (χ0n) is 13.9. The van der Waals surface area contributed by atoms with Crippen LogP contribution in [0.25, 0.3) is 0 Å². The van der Waals surface area contributed by atoms with Gasteiger partial charge in [-0.1, -0.05) is 6.42 Å². The first kappa shape index (κ1) is 21.3. The van der Waals surface area contributed by atoms with Crippen molar-refractivity contribution in [2.75, 3.05) is 0 Å². The van der Waals surface area contributed by atoms with Crippen molar-refractivity contribution in [3.63, 3.8) is 0 Å². The molecule has 0 saturated heterocycles. The van der Waals surface area contributed by atoms with E-state index in [4.69, 9.17) is 5.73 Å². The quantitative estimate of drug-likeness (QED) is 0.776. The van der Waals surface area contributed by atoms with E-state index in [1.807, 2.05) is 0 Å². The first-order valence-corrected chi connectivity index (χ1v) is 9.77. The molecule has 2 saturated carbocycles. The molecule has 148 valence electrons. The molecule has 0 spiro atoms. The summed E-state index contributed by atoms with van der Waals surface area (Å²) in [5.74, 6) is -1.49. The van der Waals surface area contributed by atoms with Gasteiger partial charge in [-0.05, 0) is 55.7 Å². The molecular weight excluding hydrogens is 393 g/mol. The number of nitrogens with two attached hydrogens (primary N) is 1. The highest BCUT2D eigenvalue weighted by Crippen LogP contribution is 2.40. The molecule has 1 aromatic rings. The number of sulfonamides is 1. The van der Waals surface area contributed by atoms with Gasteiger partial charge in [0.15, 0.2) is 11.6 Å². The van der Waals surface area contributed by atoms with E-state index in [1.165, 1.54) is 0 Å². The number of hydrogen-bond donors (Lipinski definition) is 2. The number of hydrogen-bond acceptors (Lipinski definition) is 4. The van der Waals surface area contributed by atoms with Gasteiger partial charge in [0.2, 0.25) is 10.0 Å². The van der Waals surface area contributed by atoms with Crippen LogP contribution in [0.15, 0.2) is 23.1 Å². The van der Waals surface area contributed by atoms with E-state index in [1.54, 1.807) is 0 Å². The average Bonchev–Trinajstić information content (AvgIpc) is 2.49. The molecule has 2 atom stereocenters. The fourth-order valence-corrected chi connectivity index (χ4v) is 5.45. The maximum Gasteiger partial charge on any atom is 0.387 e. The predicted octanol–water partition coefficient (Wildman–Crippen LogP) is 3.03. The number of rotatable bonds is 5. The van der Waals surface area contributed by atoms with E-state index < -0.39 is 28.2 Å². The van der Waals surface area contributed by atoms with Gasteiger partial charge in [-0.3, -0.25) is 0 Å². The van der Waals surface area contributed by atoms with Crippen LogP contribution in [-0.4, -0.2) is 27.1 Å². The maximum atomic E-state index is 13.8. The maximum absolute atomic E-state index is 13.8. The highest BCUT2D eigenvalue weighted by molar-refractivity contribution is 7.89. The first-order chi connectivity index (χ1) is 11.8. The van der Waals surface area contributed by atoms with Crippen LogP contribution in [0.1, 0.15) is 32.1 Å². The Morgan fingerprint density at radius 3 is 2.35 bits per heavy atom. The summed E-state index contributed by atoms with van der Waals surface area (Å²) in [4.78, 5) is -0.306. The molecule has 26 heavy (non-hydrogen) atoms. The number of alkyl halides is 2. The highest BCUT2D eigenvalue weighted by atomic mass is 35.5. The van der Waals surface area contributed by atoms with Gasteiger partial charge in [0.05, 0.1) is 4.90 Å². The second-order valence-corrected chi connectivity index (χ2v) is 8.51. The Bertz CT molecular complexity index is 721. The molecule has 2 fully saturated rings. The van der Waals surface area contributed by atoms with Gasteiger partial charge >= 0.3 is 6.61 Å². The minimum atomic E-state index is -3.96. The lowest BCUT2D eigenvalue weighted by Crippen LogP contribution is -2.53. The van der Waals surface area contributed by atoms with E-state index in [9.17, 15) is 21.6 Å². The first-order valence-electron chi connectivity index (χ1n) is 8.28. The molecule has 0 aromatic heterocycles. The van der Waals surface area contributed by atoms with Gasteiger partial charge in [-0.2, -0.15) is 8.78 Å². The van der Waals surface area contributed by atoms with E-state index >= 15 is 0 Å². The summed E-state index contributed by atoms with van der Waals surface area (Å²) in [6.45, 7) is -3.18. The van der Waals surface area contributed by atoms with Crippen LogP contribution in [0.2, 0.25) is 0 Å². The van der Waals surface area contributed by atoms with Gasteiger partial charge < -0.3 is 10.5 Å². The van der Waals surface area contributed by atoms with Crippen molar-refractivity contribution < 1.29 is 26.3 Å². The second kappa shape index (κ2) is 8.33. The van der Waals surface area contributed by atoms with Crippen molar-refractivity contribution in [3.8, 4) is 5.75 Å². The number of fused-ring (bicyclic) bond motifs is 2. The Labute approximate surface area is 156 Å². The molecule has 2 aliphatic rings. The molecule has 1 aromatic carbocycles. The summed E-state index contributed by atoms with van der Waals surface area (Å²) >= 11 is 0. The van der Waals surface area contributed by atoms with Crippen LogP contribution in [0, 0.1) is 17.7 Å². The zero-order chi connectivity index (χ0) is 18.2. The molecule has 0 heterocycles. The normalized spacial score (nSPS) is 28.5. The largest absolute Gasteiger partial charge is 0.432 e. The summed E-state index contributed by atoms with van der Waals surface area (Å²) < 4.78 is 70.1. The fourth-order valence-electron chi connectivity index (χ4n) is 4.07. The van der Waals surface area contributed by atoms with Gasteiger partial charge in [0, 0.05) is 12.1 Å². The van der Waals surface area contributed by atoms with Gasteiger partial charge in [0.1, 0.15) is 0 Å². The lowest BCUT2D eigenvalue weighted by molar-refractivity contribution is -0.0522. The Morgan fingerprint density at radius 1 is 1.19 bits per heavy atom. The minimum Gasteiger partial charge on any atom is -0.432 e. The van der Waals surface area contributed by atoms with Crippen molar-refractivity contribution in [1.29, 1.82) is 0 Å². The number of halogens is 4. The summed E-state index contributed by atoms with van der Waals surface area (Å²) in [6, 6.07) is 2.52. The molecule has 2 unspecified atom stereocenters. The Morgan fingerprint density at radius 2 is 1.81 bits per heavy atom. The Kier molecular flexibility index (Phi) is 6.81. The molecule has 10 heteroatoms. The summed E-state index contributed by atoms with van der Waals surface area (Å²) in [5.41, 5.74) is 6.04. The average molecular weight is 415 g/mol. The molecule has 3 N–H and O–H groups in total. The van der Waals surface area contributed by atoms with Crippen molar-refractivity contribution in [3.05, 3.63) is 24.0 Å². The Balaban J connectivity index is 0.00000243. The van der Waals surface area contributed by atoms with Crippen LogP contribution in [0.5, 0.6) is 5.75 Å². The SMILES string of the molecule is Cl.NC1CC2CCCC(C1)C2NS(=O)(=O)c1ccc(OC(F)F)c(F)c1. The zero-order valence-corrected chi connectivity index (χ0v) is 15.5. The number of nitrogens with one attached hydrogen (secondary N) is 1. The smallest absolute Gasteiger partial charge is 0.387 e. The molecular formula is C16H22ClF3N2O3S. The molecule has 2 bridgehead atoms. The summed E-state index contributed by atoms with van der Waals surface area (Å²) in [5, 5.41) is 0. The van der Waals surface area contributed by atoms with E-state index in [2.05, 4.69) is 9.46 Å². The van der Waals surface area contributed by atoms with Crippen LogP contribution in [-0.2, 0) is 10.0 Å². The molecule has 0 aliphatic heterocycles. The number of ether oxygens (including phenoxy) is 1. The minimum absolute atomic E-state index is 0. The van der Waals surface area contributed by atoms with Crippen molar-refractivity contribution in [2.24, 2.45) is 17.6 Å². The third-order valence-corrected chi connectivity index (χ3v) is 6.55. The lowest BCUT2D eigenvalue weighted by atomic mass is 9.67. The second-order valence-electron chi connectivity index (χ2n) is 6.80. The molecule has 3 rings (SSSR count). The van der Waals surface area contributed by atoms with Crippen molar-refractivity contribution >= 4 is 22.4 Å². The fraction of sp³-hybridized carbons (Fsp3) is 0.625. The molecule has 5 nitrogen and oxygen atoms in total. The lowest BCUT2D eigenvalue weighted by Gasteiger charge is -2.45. The molecule has 2 aliphatic carbocycles. The standard InChI is InChI=1S/C16H21F3N2O3S.ClH/c17-13-8-12(4-5-14(13)24-16(18)19)25(22,23)21-15-9-2-1-3-10(15)7-11(20)6-9;/h4-5,8-11,15-16,21H,1-3,6-7,20H2;1H. The monoisotopic (exact) mass is 414 g/mol. The predicted molar refractivity (Wildman–Crippen MR) is 92.4 cm³/mol. The van der Waals surface area contributed by atoms with Gasteiger partial charge in [0.25, 0.3) is 0 Å². The topological polar surface area (TPSA) is 81.4 Å². The number of benzene rings is 1. The molecule has 0 amide bonds. The van der Waals surface area contributed by atoms with E-state index in [0.717, 1.165) is 44.2 Å². The van der Waals surface area contributed by atoms with E-state index in [-0.39, 0.29) is 41.2 Å². The van der Waals surface area contributed by atoms with Crippen LogP contribution in [0.3, 0.4) is 0 Å². The highest BCUT2D eigenvalue weighted by Gasteiger charge is 2.41. The van der Waals surface area contributed by atoms with Crippen LogP contribution < -0.4 is 15.2 Å². The van der Waals surface area contributed by atoms with E-state index in [0.29, 0.717) is 6.07 Å². The molecule has 0 radical (unpaired) electrons. The summed E-state index contributed by atoms with van der Waals surface area (Å²) in [7, 11) is -3.96. The third-order valence-electron chi connectivity index (χ3n) is 5.10.